The fourth-order valence-corrected chi connectivity index (χ4v) is 6.84. The summed E-state index contributed by atoms with van der Waals surface area (Å²) >= 11 is 0. The van der Waals surface area contributed by atoms with Crippen LogP contribution in [0.2, 0.25) is 0 Å². The molecular formula is C47H48N6O8. The van der Waals surface area contributed by atoms with E-state index < -0.39 is 72.3 Å². The molecule has 0 radical (unpaired) electrons. The summed E-state index contributed by atoms with van der Waals surface area (Å²) in [7, 11) is 0. The number of aromatic nitrogens is 1. The largest absolute Gasteiger partial charge is 0.484 e. The third-order valence-corrected chi connectivity index (χ3v) is 10.3. The van der Waals surface area contributed by atoms with Gasteiger partial charge in [0.2, 0.25) is 23.6 Å². The van der Waals surface area contributed by atoms with Crippen LogP contribution in [0.1, 0.15) is 35.6 Å². The Morgan fingerprint density at radius 2 is 1.23 bits per heavy atom. The van der Waals surface area contributed by atoms with Crippen molar-refractivity contribution in [3.63, 3.8) is 0 Å². The molecule has 0 fully saturated rings. The Labute approximate surface area is 353 Å². The monoisotopic (exact) mass is 824 g/mol. The predicted octanol–water partition coefficient (Wildman–Crippen LogP) is 3.33. The van der Waals surface area contributed by atoms with E-state index in [0.717, 1.165) is 16.7 Å². The summed E-state index contributed by atoms with van der Waals surface area (Å²) in [6.07, 6.45) is 3.67. The van der Waals surface area contributed by atoms with Crippen molar-refractivity contribution in [3.8, 4) is 16.9 Å². The Bertz CT molecular complexity index is 2280. The topological polar surface area (TPSA) is 205 Å². The summed E-state index contributed by atoms with van der Waals surface area (Å²) < 4.78 is 5.74. The van der Waals surface area contributed by atoms with Gasteiger partial charge in [-0.3, -0.25) is 33.8 Å². The Hall–Kier alpha value is -7.35. The lowest BCUT2D eigenvalue weighted by Crippen LogP contribution is -2.59. The molecule has 61 heavy (non-hydrogen) atoms. The Balaban J connectivity index is 1.35. The van der Waals surface area contributed by atoms with Crippen molar-refractivity contribution >= 4 is 35.5 Å². The molecule has 0 saturated heterocycles. The molecule has 5 atom stereocenters. The van der Waals surface area contributed by atoms with Gasteiger partial charge in [0, 0.05) is 31.7 Å². The number of nitrogens with zero attached hydrogens (tertiary/aromatic N) is 1. The number of hydrogen-bond donors (Lipinski definition) is 6. The van der Waals surface area contributed by atoms with E-state index >= 15 is 0 Å². The van der Waals surface area contributed by atoms with Crippen LogP contribution in [-0.2, 0) is 54.5 Å². The van der Waals surface area contributed by atoms with E-state index in [2.05, 4.69) is 31.6 Å². The third-order valence-electron chi connectivity index (χ3n) is 10.3. The van der Waals surface area contributed by atoms with Gasteiger partial charge in [-0.05, 0) is 77.4 Å². The maximum atomic E-state index is 14.5. The number of carboxylic acid groups (broad SMARTS) is 1. The predicted molar refractivity (Wildman–Crippen MR) is 227 cm³/mol. The molecule has 4 aromatic carbocycles. The molecule has 5 aromatic rings. The molecular weight excluding hydrogens is 777 g/mol. The number of benzene rings is 4. The number of hydrogen-bond acceptors (Lipinski definition) is 8. The molecule has 14 nitrogen and oxygen atoms in total. The van der Waals surface area contributed by atoms with E-state index in [1.165, 1.54) is 6.92 Å². The minimum Gasteiger partial charge on any atom is -0.484 e. The van der Waals surface area contributed by atoms with Crippen molar-refractivity contribution < 1.29 is 38.6 Å². The van der Waals surface area contributed by atoms with E-state index in [9.17, 15) is 33.9 Å². The number of carbonyl (C=O) groups is 6. The van der Waals surface area contributed by atoms with Gasteiger partial charge in [-0.15, -0.1) is 0 Å². The van der Waals surface area contributed by atoms with Crippen molar-refractivity contribution in [1.82, 2.24) is 31.6 Å². The molecule has 0 saturated carbocycles. The minimum absolute atomic E-state index is 0.0186. The number of aliphatic carboxylic acids is 1. The first-order chi connectivity index (χ1) is 29.5. The van der Waals surface area contributed by atoms with Gasteiger partial charge in [-0.1, -0.05) is 97.1 Å². The summed E-state index contributed by atoms with van der Waals surface area (Å²) in [6, 6.07) is 30.5. The summed E-state index contributed by atoms with van der Waals surface area (Å²) in [6.45, 7) is 0.872. The first-order valence-corrected chi connectivity index (χ1v) is 20.0. The lowest BCUT2D eigenvalue weighted by Gasteiger charge is -2.27. The lowest BCUT2D eigenvalue weighted by molar-refractivity contribution is -0.141. The molecule has 1 aromatic heterocycles. The highest BCUT2D eigenvalue weighted by Gasteiger charge is 2.33. The van der Waals surface area contributed by atoms with Crippen LogP contribution in [0, 0.1) is 0 Å². The number of carboxylic acids is 1. The number of carbonyl (C=O) groups excluding carboxylic acids is 5. The quantitative estimate of drug-likeness (QED) is 0.108. The molecule has 0 unspecified atom stereocenters. The Morgan fingerprint density at radius 3 is 1.87 bits per heavy atom. The minimum atomic E-state index is -1.26. The van der Waals surface area contributed by atoms with Crippen LogP contribution in [-0.4, -0.2) is 82.4 Å². The second-order valence-corrected chi connectivity index (χ2v) is 14.9. The van der Waals surface area contributed by atoms with Crippen molar-refractivity contribution in [3.05, 3.63) is 156 Å². The van der Waals surface area contributed by atoms with Crippen LogP contribution < -0.4 is 31.3 Å². The average molecular weight is 825 g/mol. The molecule has 314 valence electrons. The number of aryl methyl sites for hydroxylation is 1. The second-order valence-electron chi connectivity index (χ2n) is 14.9. The maximum absolute atomic E-state index is 14.5. The molecule has 14 heteroatoms. The Kier molecular flexibility index (Phi) is 14.9. The fraction of sp³-hybridized carbons (Fsp3) is 0.255. The zero-order chi connectivity index (χ0) is 43.1. The molecule has 2 aliphatic heterocycles. The highest BCUT2D eigenvalue weighted by atomic mass is 16.5. The standard InChI is InChI=1S/C47H48N6O8/c1-30(47(59)60)49-44(56)40-27-33-14-19-37(20-15-33)61-29-42(54)50-39(28-34-22-24-48-25-23-34)45(57)53-41(26-32-12-17-36(18-13-32)35-10-6-3-7-11-35)46(58)51-38(43(55)52-40)21-16-31-8-4-2-5-9-31/h2-15,17-20,22-25,30,38-41H,16,21,26-29H2,1H3,(H,49,56)(H,50,54)(H,51,58)(H,52,55)(H,53,57)(H,59,60)/t30-,38+,39+,40+,41-/m1/s1. The van der Waals surface area contributed by atoms with E-state index in [1.54, 1.807) is 48.8 Å². The van der Waals surface area contributed by atoms with Gasteiger partial charge < -0.3 is 36.4 Å². The van der Waals surface area contributed by atoms with Crippen LogP contribution in [0.4, 0.5) is 0 Å². The van der Waals surface area contributed by atoms with Gasteiger partial charge in [0.05, 0.1) is 0 Å². The van der Waals surface area contributed by atoms with Crippen LogP contribution >= 0.6 is 0 Å². The molecule has 0 aliphatic carbocycles. The van der Waals surface area contributed by atoms with Crippen LogP contribution in [0.25, 0.3) is 11.1 Å². The molecule has 5 amide bonds. The van der Waals surface area contributed by atoms with Crippen molar-refractivity contribution in [2.45, 2.75) is 69.2 Å². The normalized spacial score (nSPS) is 19.3. The van der Waals surface area contributed by atoms with E-state index in [1.807, 2.05) is 84.9 Å². The number of fused-ring (bicyclic) bond motifs is 16. The summed E-state index contributed by atoms with van der Waals surface area (Å²) in [5, 5.41) is 23.2. The molecule has 3 heterocycles. The molecule has 6 N–H and O–H groups in total. The fourth-order valence-electron chi connectivity index (χ4n) is 6.84. The number of rotatable bonds is 11. The van der Waals surface area contributed by atoms with Crippen molar-refractivity contribution in [2.24, 2.45) is 0 Å². The van der Waals surface area contributed by atoms with Crippen molar-refractivity contribution in [1.29, 1.82) is 0 Å². The third kappa shape index (κ3) is 12.8. The second kappa shape index (κ2) is 21.1. The zero-order valence-electron chi connectivity index (χ0n) is 33.6. The van der Waals surface area contributed by atoms with E-state index in [-0.39, 0.29) is 25.7 Å². The zero-order valence-corrected chi connectivity index (χ0v) is 33.6. The first-order valence-electron chi connectivity index (χ1n) is 20.0. The maximum Gasteiger partial charge on any atom is 0.325 e. The first kappa shape index (κ1) is 43.2. The van der Waals surface area contributed by atoms with Gasteiger partial charge in [0.25, 0.3) is 5.91 Å². The molecule has 2 aliphatic rings. The van der Waals surface area contributed by atoms with Crippen LogP contribution in [0.5, 0.6) is 5.75 Å². The molecule has 7 rings (SSSR count). The molecule has 0 spiro atoms. The molecule has 2 bridgehead atoms. The van der Waals surface area contributed by atoms with Gasteiger partial charge in [-0.25, -0.2) is 0 Å². The van der Waals surface area contributed by atoms with Gasteiger partial charge in [0.1, 0.15) is 36.0 Å². The van der Waals surface area contributed by atoms with E-state index in [4.69, 9.17) is 4.74 Å². The highest BCUT2D eigenvalue weighted by molar-refractivity contribution is 5.96. The van der Waals surface area contributed by atoms with Gasteiger partial charge in [0.15, 0.2) is 6.61 Å². The summed E-state index contributed by atoms with van der Waals surface area (Å²) in [4.78, 5) is 85.8. The lowest BCUT2D eigenvalue weighted by atomic mass is 9.98. The SMILES string of the molecule is C[C@@H](NC(=O)[C@@H]1Cc2ccc(cc2)OCC(=O)N[C@@H](Cc2ccncc2)C(=O)N[C@H](Cc2ccc(-c3ccccc3)cc2)C(=O)N[C@@H](CCc2ccccc2)C(=O)N1)C(=O)O. The number of ether oxygens (including phenoxy) is 1. The van der Waals surface area contributed by atoms with Crippen LogP contribution in [0.3, 0.4) is 0 Å². The summed E-state index contributed by atoms with van der Waals surface area (Å²) in [5.41, 5.74) is 4.85. The summed E-state index contributed by atoms with van der Waals surface area (Å²) in [5.74, 6) is -4.30. The highest BCUT2D eigenvalue weighted by Crippen LogP contribution is 2.20. The Morgan fingerprint density at radius 1 is 0.672 bits per heavy atom. The average Bonchev–Trinajstić information content (AvgIpc) is 3.27. The van der Waals surface area contributed by atoms with Crippen LogP contribution in [0.15, 0.2) is 134 Å². The van der Waals surface area contributed by atoms with Gasteiger partial charge >= 0.3 is 5.97 Å². The number of amides is 5. The smallest absolute Gasteiger partial charge is 0.325 e. The van der Waals surface area contributed by atoms with Gasteiger partial charge in [-0.2, -0.15) is 0 Å². The number of pyridine rings is 1. The number of nitrogens with one attached hydrogen (secondary N) is 5. The van der Waals surface area contributed by atoms with E-state index in [0.29, 0.717) is 28.9 Å². The van der Waals surface area contributed by atoms with Crippen molar-refractivity contribution in [2.75, 3.05) is 6.61 Å².